The second-order valence-corrected chi connectivity index (χ2v) is 5.56. The highest BCUT2D eigenvalue weighted by molar-refractivity contribution is 9.10. The molecular formula is C16H20BrN3. The largest absolute Gasteiger partial charge is 0.370 e. The van der Waals surface area contributed by atoms with Gasteiger partial charge in [-0.1, -0.05) is 41.1 Å². The average Bonchev–Trinajstić information content (AvgIpc) is 2.42. The van der Waals surface area contributed by atoms with Crippen molar-refractivity contribution >= 4 is 21.7 Å². The number of nitrogens with one attached hydrogen (secondary N) is 1. The lowest BCUT2D eigenvalue weighted by Crippen LogP contribution is -2.10. The van der Waals surface area contributed by atoms with Crippen LogP contribution in [-0.2, 0) is 12.8 Å². The van der Waals surface area contributed by atoms with E-state index in [1.54, 1.807) is 0 Å². The van der Waals surface area contributed by atoms with Crippen molar-refractivity contribution in [2.45, 2.75) is 33.6 Å². The van der Waals surface area contributed by atoms with Gasteiger partial charge >= 0.3 is 0 Å². The van der Waals surface area contributed by atoms with Gasteiger partial charge < -0.3 is 5.32 Å². The first-order chi connectivity index (χ1) is 9.65. The van der Waals surface area contributed by atoms with Crippen LogP contribution in [0.3, 0.4) is 0 Å². The molecule has 0 bridgehead atoms. The molecule has 0 aliphatic rings. The quantitative estimate of drug-likeness (QED) is 0.893. The standard InChI is InChI=1S/C16H20BrN3/c1-4-13-11(3)19-15(20-16(13)18-5-2)10-12-8-6-7-9-14(12)17/h6-9H,4-5,10H2,1-3H3,(H,18,19,20). The zero-order valence-electron chi connectivity index (χ0n) is 12.2. The van der Waals surface area contributed by atoms with E-state index in [0.717, 1.165) is 41.2 Å². The molecule has 0 saturated heterocycles. The van der Waals surface area contributed by atoms with Gasteiger partial charge in [-0.05, 0) is 31.9 Å². The zero-order chi connectivity index (χ0) is 14.5. The van der Waals surface area contributed by atoms with Gasteiger partial charge in [0, 0.05) is 28.7 Å². The third-order valence-corrected chi connectivity index (χ3v) is 4.04. The predicted molar refractivity (Wildman–Crippen MR) is 87.3 cm³/mol. The van der Waals surface area contributed by atoms with E-state index in [1.807, 2.05) is 18.2 Å². The smallest absolute Gasteiger partial charge is 0.135 e. The second-order valence-electron chi connectivity index (χ2n) is 4.70. The molecule has 2 rings (SSSR count). The number of aryl methyl sites for hydroxylation is 1. The fourth-order valence-corrected chi connectivity index (χ4v) is 2.71. The number of halogens is 1. The molecule has 2 aromatic rings. The molecular weight excluding hydrogens is 314 g/mol. The molecule has 20 heavy (non-hydrogen) atoms. The molecule has 1 heterocycles. The summed E-state index contributed by atoms with van der Waals surface area (Å²) in [6.45, 7) is 7.16. The molecule has 0 atom stereocenters. The van der Waals surface area contributed by atoms with Gasteiger partial charge in [0.2, 0.25) is 0 Å². The van der Waals surface area contributed by atoms with E-state index in [1.165, 1.54) is 11.1 Å². The Morgan fingerprint density at radius 2 is 1.90 bits per heavy atom. The first-order valence-electron chi connectivity index (χ1n) is 6.99. The first kappa shape index (κ1) is 15.0. The maximum atomic E-state index is 4.69. The molecule has 0 saturated carbocycles. The Labute approximate surface area is 129 Å². The molecule has 0 fully saturated rings. The molecule has 0 aliphatic heterocycles. The highest BCUT2D eigenvalue weighted by atomic mass is 79.9. The van der Waals surface area contributed by atoms with Crippen LogP contribution in [0.15, 0.2) is 28.7 Å². The monoisotopic (exact) mass is 333 g/mol. The van der Waals surface area contributed by atoms with E-state index < -0.39 is 0 Å². The van der Waals surface area contributed by atoms with E-state index in [0.29, 0.717) is 0 Å². The molecule has 0 amide bonds. The minimum Gasteiger partial charge on any atom is -0.370 e. The van der Waals surface area contributed by atoms with Crippen molar-refractivity contribution in [3.8, 4) is 0 Å². The normalized spacial score (nSPS) is 10.6. The average molecular weight is 334 g/mol. The van der Waals surface area contributed by atoms with E-state index >= 15 is 0 Å². The molecule has 1 N–H and O–H groups in total. The molecule has 4 heteroatoms. The highest BCUT2D eigenvalue weighted by Crippen LogP contribution is 2.21. The number of nitrogens with zero attached hydrogens (tertiary/aromatic N) is 2. The fraction of sp³-hybridized carbons (Fsp3) is 0.375. The summed E-state index contributed by atoms with van der Waals surface area (Å²) in [4.78, 5) is 9.34. The fourth-order valence-electron chi connectivity index (χ4n) is 2.28. The summed E-state index contributed by atoms with van der Waals surface area (Å²) < 4.78 is 1.10. The summed E-state index contributed by atoms with van der Waals surface area (Å²) in [7, 11) is 0. The number of benzene rings is 1. The van der Waals surface area contributed by atoms with E-state index in [4.69, 9.17) is 0 Å². The van der Waals surface area contributed by atoms with Crippen LogP contribution in [0.2, 0.25) is 0 Å². The van der Waals surface area contributed by atoms with Crippen molar-refractivity contribution in [2.24, 2.45) is 0 Å². The van der Waals surface area contributed by atoms with Gasteiger partial charge in [0.15, 0.2) is 0 Å². The second kappa shape index (κ2) is 6.84. The topological polar surface area (TPSA) is 37.8 Å². The van der Waals surface area contributed by atoms with Gasteiger partial charge in [0.25, 0.3) is 0 Å². The van der Waals surface area contributed by atoms with Crippen molar-refractivity contribution < 1.29 is 0 Å². The van der Waals surface area contributed by atoms with Crippen molar-refractivity contribution in [3.63, 3.8) is 0 Å². The molecule has 0 spiro atoms. The van der Waals surface area contributed by atoms with Crippen LogP contribution in [0.25, 0.3) is 0 Å². The predicted octanol–water partition coefficient (Wildman–Crippen LogP) is 4.13. The Bertz CT molecular complexity index is 596. The van der Waals surface area contributed by atoms with Gasteiger partial charge in [0.05, 0.1) is 0 Å². The first-order valence-corrected chi connectivity index (χ1v) is 7.78. The maximum absolute atomic E-state index is 4.69. The number of rotatable bonds is 5. The van der Waals surface area contributed by atoms with Crippen molar-refractivity contribution in [1.29, 1.82) is 0 Å². The van der Waals surface area contributed by atoms with Gasteiger partial charge in [-0.25, -0.2) is 9.97 Å². The Balaban J connectivity index is 2.35. The van der Waals surface area contributed by atoms with Crippen LogP contribution in [0.1, 0.15) is 36.5 Å². The van der Waals surface area contributed by atoms with Gasteiger partial charge in [0.1, 0.15) is 11.6 Å². The zero-order valence-corrected chi connectivity index (χ0v) is 13.8. The lowest BCUT2D eigenvalue weighted by atomic mass is 10.1. The van der Waals surface area contributed by atoms with Crippen LogP contribution in [-0.4, -0.2) is 16.5 Å². The molecule has 0 radical (unpaired) electrons. The Morgan fingerprint density at radius 1 is 1.15 bits per heavy atom. The highest BCUT2D eigenvalue weighted by Gasteiger charge is 2.11. The van der Waals surface area contributed by atoms with Gasteiger partial charge in [-0.15, -0.1) is 0 Å². The minimum atomic E-state index is 0.741. The molecule has 0 aliphatic carbocycles. The van der Waals surface area contributed by atoms with Crippen LogP contribution in [0.5, 0.6) is 0 Å². The van der Waals surface area contributed by atoms with E-state index in [-0.39, 0.29) is 0 Å². The van der Waals surface area contributed by atoms with E-state index in [2.05, 4.69) is 58.1 Å². The lowest BCUT2D eigenvalue weighted by Gasteiger charge is -2.13. The maximum Gasteiger partial charge on any atom is 0.135 e. The lowest BCUT2D eigenvalue weighted by molar-refractivity contribution is 0.900. The number of hydrogen-bond donors (Lipinski definition) is 1. The van der Waals surface area contributed by atoms with Crippen LogP contribution < -0.4 is 5.32 Å². The Hall–Kier alpha value is -1.42. The number of hydrogen-bond acceptors (Lipinski definition) is 3. The third kappa shape index (κ3) is 3.37. The van der Waals surface area contributed by atoms with Crippen LogP contribution in [0.4, 0.5) is 5.82 Å². The summed E-state index contributed by atoms with van der Waals surface area (Å²) in [5.74, 6) is 1.84. The summed E-state index contributed by atoms with van der Waals surface area (Å²) in [6.07, 6.45) is 1.69. The Kier molecular flexibility index (Phi) is 5.12. The van der Waals surface area contributed by atoms with Crippen molar-refractivity contribution in [3.05, 3.63) is 51.4 Å². The van der Waals surface area contributed by atoms with E-state index in [9.17, 15) is 0 Å². The summed E-state index contributed by atoms with van der Waals surface area (Å²) >= 11 is 3.58. The molecule has 106 valence electrons. The molecule has 1 aromatic heterocycles. The SMILES string of the molecule is CCNc1nc(Cc2ccccc2Br)nc(C)c1CC. The van der Waals surface area contributed by atoms with Crippen molar-refractivity contribution in [2.75, 3.05) is 11.9 Å². The Morgan fingerprint density at radius 3 is 2.55 bits per heavy atom. The van der Waals surface area contributed by atoms with Crippen molar-refractivity contribution in [1.82, 2.24) is 9.97 Å². The number of anilines is 1. The summed E-state index contributed by atoms with van der Waals surface area (Å²) in [5.41, 5.74) is 3.49. The van der Waals surface area contributed by atoms with Gasteiger partial charge in [-0.3, -0.25) is 0 Å². The molecule has 1 aromatic carbocycles. The number of aromatic nitrogens is 2. The summed E-state index contributed by atoms with van der Waals surface area (Å²) in [6, 6.07) is 8.21. The molecule has 3 nitrogen and oxygen atoms in total. The third-order valence-electron chi connectivity index (χ3n) is 3.26. The minimum absolute atomic E-state index is 0.741. The van der Waals surface area contributed by atoms with Crippen LogP contribution >= 0.6 is 15.9 Å². The van der Waals surface area contributed by atoms with Crippen LogP contribution in [0, 0.1) is 6.92 Å². The van der Waals surface area contributed by atoms with Gasteiger partial charge in [-0.2, -0.15) is 0 Å². The summed E-state index contributed by atoms with van der Waals surface area (Å²) in [5, 5.41) is 3.35. The molecule has 0 unspecified atom stereocenters.